The van der Waals surface area contributed by atoms with Gasteiger partial charge in [-0.1, -0.05) is 35.4 Å². The first-order valence-electron chi connectivity index (χ1n) is 6.55. The second kappa shape index (κ2) is 5.43. The highest BCUT2D eigenvalue weighted by Crippen LogP contribution is 2.32. The van der Waals surface area contributed by atoms with Crippen molar-refractivity contribution < 1.29 is 9.50 Å². The molecule has 3 aromatic rings. The Balaban J connectivity index is 2.20. The van der Waals surface area contributed by atoms with Crippen molar-refractivity contribution in [1.82, 2.24) is 4.98 Å². The maximum atomic E-state index is 14.0. The highest BCUT2D eigenvalue weighted by molar-refractivity contribution is 6.35. The zero-order valence-corrected chi connectivity index (χ0v) is 12.1. The fourth-order valence-corrected chi connectivity index (χ4v) is 2.64. The zero-order chi connectivity index (χ0) is 15.0. The molecular formula is C17H13ClFNO. The van der Waals surface area contributed by atoms with Crippen LogP contribution >= 0.6 is 11.6 Å². The Labute approximate surface area is 126 Å². The highest BCUT2D eigenvalue weighted by Gasteiger charge is 2.19. The van der Waals surface area contributed by atoms with Crippen LogP contribution in [0.25, 0.3) is 10.9 Å². The molecule has 0 aliphatic heterocycles. The molecule has 1 N–H and O–H groups in total. The first kappa shape index (κ1) is 14.0. The Hall–Kier alpha value is -1.97. The molecule has 1 heterocycles. The molecule has 1 unspecified atom stereocenters. The van der Waals surface area contributed by atoms with Gasteiger partial charge in [0.2, 0.25) is 0 Å². The summed E-state index contributed by atoms with van der Waals surface area (Å²) in [5, 5.41) is 11.9. The van der Waals surface area contributed by atoms with Gasteiger partial charge in [0.15, 0.2) is 0 Å². The number of hydrogen-bond acceptors (Lipinski definition) is 2. The van der Waals surface area contributed by atoms with E-state index in [2.05, 4.69) is 4.98 Å². The van der Waals surface area contributed by atoms with Gasteiger partial charge in [-0.25, -0.2) is 4.39 Å². The minimum absolute atomic E-state index is 0.240. The molecule has 0 aliphatic carbocycles. The monoisotopic (exact) mass is 301 g/mol. The molecule has 0 saturated heterocycles. The number of fused-ring (bicyclic) bond motifs is 1. The van der Waals surface area contributed by atoms with Crippen molar-refractivity contribution in [3.05, 3.63) is 76.2 Å². The molecule has 0 saturated carbocycles. The van der Waals surface area contributed by atoms with E-state index in [0.717, 1.165) is 10.9 Å². The van der Waals surface area contributed by atoms with Crippen LogP contribution in [0.3, 0.4) is 0 Å². The molecule has 3 rings (SSSR count). The number of hydrogen-bond donors (Lipinski definition) is 1. The first-order chi connectivity index (χ1) is 10.1. The van der Waals surface area contributed by atoms with Crippen LogP contribution in [0.5, 0.6) is 0 Å². The van der Waals surface area contributed by atoms with Crippen LogP contribution < -0.4 is 0 Å². The van der Waals surface area contributed by atoms with E-state index in [9.17, 15) is 9.50 Å². The van der Waals surface area contributed by atoms with Crippen LogP contribution in [-0.4, -0.2) is 10.1 Å². The first-order valence-corrected chi connectivity index (χ1v) is 6.93. The quantitative estimate of drug-likeness (QED) is 0.760. The fourth-order valence-electron chi connectivity index (χ4n) is 2.42. The lowest BCUT2D eigenvalue weighted by Crippen LogP contribution is -2.04. The topological polar surface area (TPSA) is 33.1 Å². The van der Waals surface area contributed by atoms with Crippen LogP contribution in [0.1, 0.15) is 22.8 Å². The van der Waals surface area contributed by atoms with Gasteiger partial charge in [0.25, 0.3) is 0 Å². The van der Waals surface area contributed by atoms with Crippen molar-refractivity contribution >= 4 is 22.5 Å². The molecule has 4 heteroatoms. The molecule has 1 atom stereocenters. The number of pyridine rings is 1. The molecular weight excluding hydrogens is 289 g/mol. The van der Waals surface area contributed by atoms with Crippen LogP contribution in [-0.2, 0) is 0 Å². The van der Waals surface area contributed by atoms with Gasteiger partial charge in [-0.2, -0.15) is 0 Å². The molecule has 0 fully saturated rings. The van der Waals surface area contributed by atoms with E-state index in [-0.39, 0.29) is 5.56 Å². The van der Waals surface area contributed by atoms with Crippen LogP contribution in [0.2, 0.25) is 5.02 Å². The third-order valence-corrected chi connectivity index (χ3v) is 3.82. The van der Waals surface area contributed by atoms with Gasteiger partial charge in [-0.15, -0.1) is 0 Å². The number of benzene rings is 2. The summed E-state index contributed by atoms with van der Waals surface area (Å²) in [6.07, 6.45) is 0.543. The Kier molecular flexibility index (Phi) is 3.62. The van der Waals surface area contributed by atoms with Gasteiger partial charge in [0, 0.05) is 27.7 Å². The van der Waals surface area contributed by atoms with Gasteiger partial charge >= 0.3 is 0 Å². The normalized spacial score (nSPS) is 12.6. The maximum absolute atomic E-state index is 14.0. The number of aryl methyl sites for hydroxylation is 1. The second-order valence-electron chi connectivity index (χ2n) is 4.96. The van der Waals surface area contributed by atoms with E-state index in [1.165, 1.54) is 6.07 Å². The molecule has 2 aromatic carbocycles. The second-order valence-corrected chi connectivity index (χ2v) is 5.37. The van der Waals surface area contributed by atoms with Gasteiger partial charge in [-0.3, -0.25) is 4.98 Å². The number of rotatable bonds is 2. The van der Waals surface area contributed by atoms with Crippen LogP contribution in [0.15, 0.2) is 48.7 Å². The van der Waals surface area contributed by atoms with Crippen LogP contribution in [0, 0.1) is 12.7 Å². The minimum atomic E-state index is -1.08. The lowest BCUT2D eigenvalue weighted by molar-refractivity contribution is 0.216. The number of halogens is 2. The maximum Gasteiger partial charge on any atom is 0.129 e. The smallest absolute Gasteiger partial charge is 0.129 e. The van der Waals surface area contributed by atoms with Gasteiger partial charge in [0.05, 0.1) is 5.52 Å². The SMILES string of the molecule is Cc1ccc(F)c(C(O)c2ccc(Cl)c3cccnc23)c1. The molecule has 0 aliphatic rings. The summed E-state index contributed by atoms with van der Waals surface area (Å²) in [5.41, 5.74) is 2.25. The molecule has 1 aromatic heterocycles. The number of aromatic nitrogens is 1. The van der Waals surface area contributed by atoms with E-state index < -0.39 is 11.9 Å². The van der Waals surface area contributed by atoms with Crippen molar-refractivity contribution in [2.75, 3.05) is 0 Å². The summed E-state index contributed by atoms with van der Waals surface area (Å²) in [6.45, 7) is 1.86. The van der Waals surface area contributed by atoms with Gasteiger partial charge < -0.3 is 5.11 Å². The largest absolute Gasteiger partial charge is 0.383 e. The fraction of sp³-hybridized carbons (Fsp3) is 0.118. The molecule has 0 spiro atoms. The van der Waals surface area contributed by atoms with Crippen molar-refractivity contribution in [2.45, 2.75) is 13.0 Å². The predicted molar refractivity (Wildman–Crippen MR) is 82.0 cm³/mol. The van der Waals surface area contributed by atoms with E-state index in [1.54, 1.807) is 36.5 Å². The molecule has 0 radical (unpaired) electrons. The summed E-state index contributed by atoms with van der Waals surface area (Å²) < 4.78 is 14.0. The van der Waals surface area contributed by atoms with Crippen molar-refractivity contribution in [2.24, 2.45) is 0 Å². The molecule has 2 nitrogen and oxygen atoms in total. The molecule has 0 amide bonds. The summed E-state index contributed by atoms with van der Waals surface area (Å²) in [5.74, 6) is -0.438. The summed E-state index contributed by atoms with van der Waals surface area (Å²) in [6, 6.07) is 11.7. The summed E-state index contributed by atoms with van der Waals surface area (Å²) in [7, 11) is 0. The number of aliphatic hydroxyl groups excluding tert-OH is 1. The van der Waals surface area contributed by atoms with E-state index in [4.69, 9.17) is 11.6 Å². The molecule has 21 heavy (non-hydrogen) atoms. The van der Waals surface area contributed by atoms with Crippen molar-refractivity contribution in [3.63, 3.8) is 0 Å². The van der Waals surface area contributed by atoms with Crippen molar-refractivity contribution in [3.8, 4) is 0 Å². The van der Waals surface area contributed by atoms with E-state index in [0.29, 0.717) is 16.1 Å². The van der Waals surface area contributed by atoms with E-state index in [1.807, 2.05) is 13.0 Å². The molecule has 0 bridgehead atoms. The van der Waals surface area contributed by atoms with Gasteiger partial charge in [-0.05, 0) is 31.2 Å². The Morgan fingerprint density at radius 1 is 1.14 bits per heavy atom. The Bertz CT molecular complexity index is 819. The third-order valence-electron chi connectivity index (χ3n) is 3.49. The van der Waals surface area contributed by atoms with E-state index >= 15 is 0 Å². The zero-order valence-electron chi connectivity index (χ0n) is 11.3. The lowest BCUT2D eigenvalue weighted by atomic mass is 9.97. The number of aliphatic hydroxyl groups is 1. The average molecular weight is 302 g/mol. The van der Waals surface area contributed by atoms with Crippen LogP contribution in [0.4, 0.5) is 4.39 Å². The predicted octanol–water partition coefficient (Wildman–Crippen LogP) is 4.42. The highest BCUT2D eigenvalue weighted by atomic mass is 35.5. The minimum Gasteiger partial charge on any atom is -0.383 e. The standard InChI is InChI=1S/C17H13ClFNO/c1-10-4-7-15(19)13(9-10)17(21)12-5-6-14(18)11-3-2-8-20-16(11)12/h2-9,17,21H,1H3. The summed E-state index contributed by atoms with van der Waals surface area (Å²) >= 11 is 6.14. The third kappa shape index (κ3) is 2.50. The lowest BCUT2D eigenvalue weighted by Gasteiger charge is -2.15. The number of nitrogens with zero attached hydrogens (tertiary/aromatic N) is 1. The Morgan fingerprint density at radius 2 is 1.95 bits per heavy atom. The average Bonchev–Trinajstić information content (AvgIpc) is 2.50. The van der Waals surface area contributed by atoms with Gasteiger partial charge in [0.1, 0.15) is 11.9 Å². The summed E-state index contributed by atoms with van der Waals surface area (Å²) in [4.78, 5) is 4.27. The molecule has 106 valence electrons. The van der Waals surface area contributed by atoms with Crippen molar-refractivity contribution in [1.29, 1.82) is 0 Å². The Morgan fingerprint density at radius 3 is 2.76 bits per heavy atom.